The fraction of sp³-hybridized carbons (Fsp3) is 0.250. The van der Waals surface area contributed by atoms with Crippen LogP contribution >= 0.6 is 12.4 Å². The molecule has 1 aromatic heterocycles. The normalized spacial score (nSPS) is 11.3. The van der Waals surface area contributed by atoms with Gasteiger partial charge in [0.05, 0.1) is 0 Å². The molecule has 0 bridgehead atoms. The molecular weight excluding hydrogens is 286 g/mol. The number of rotatable bonds is 5. The number of nitrogens with two attached hydrogens (primary N) is 1. The summed E-state index contributed by atoms with van der Waals surface area (Å²) in [6, 6.07) is 11.0. The summed E-state index contributed by atoms with van der Waals surface area (Å²) < 4.78 is 0. The van der Waals surface area contributed by atoms with Crippen LogP contribution in [0.3, 0.4) is 0 Å². The molecule has 5 heteroatoms. The van der Waals surface area contributed by atoms with Gasteiger partial charge in [-0.05, 0) is 36.6 Å². The quantitative estimate of drug-likeness (QED) is 0.889. The van der Waals surface area contributed by atoms with Crippen LogP contribution in [0.5, 0.6) is 0 Å². The summed E-state index contributed by atoms with van der Waals surface area (Å²) in [5, 5.41) is 2.86. The first-order valence-corrected chi connectivity index (χ1v) is 6.65. The molecule has 0 radical (unpaired) electrons. The molecule has 0 fully saturated rings. The van der Waals surface area contributed by atoms with E-state index in [2.05, 4.69) is 10.3 Å². The zero-order chi connectivity index (χ0) is 14.4. The average Bonchev–Trinajstić information content (AvgIpc) is 2.48. The van der Waals surface area contributed by atoms with Crippen molar-refractivity contribution in [2.24, 2.45) is 5.73 Å². The smallest absolute Gasteiger partial charge is 0.241 e. The van der Waals surface area contributed by atoms with Crippen molar-refractivity contribution in [3.8, 4) is 0 Å². The third-order valence-electron chi connectivity index (χ3n) is 3.18. The van der Waals surface area contributed by atoms with Gasteiger partial charge in [-0.25, -0.2) is 0 Å². The van der Waals surface area contributed by atoms with E-state index in [0.717, 1.165) is 23.1 Å². The predicted molar refractivity (Wildman–Crippen MR) is 86.3 cm³/mol. The van der Waals surface area contributed by atoms with E-state index in [1.54, 1.807) is 12.4 Å². The standard InChI is InChI=1S/C16H19N3O.ClH/c1-12-2-4-14(5-3-12)15(17)16(20)19-11-8-13-6-9-18-10-7-13;/h2-7,9-10,15H,8,11,17H2,1H3,(H,19,20);1H. The van der Waals surface area contributed by atoms with Crippen molar-refractivity contribution in [1.29, 1.82) is 0 Å². The number of carbonyl (C=O) groups excluding carboxylic acids is 1. The number of nitrogens with one attached hydrogen (secondary N) is 1. The maximum Gasteiger partial charge on any atom is 0.241 e. The van der Waals surface area contributed by atoms with Gasteiger partial charge < -0.3 is 11.1 Å². The highest BCUT2D eigenvalue weighted by Gasteiger charge is 2.14. The molecule has 1 unspecified atom stereocenters. The molecule has 2 aromatic rings. The Morgan fingerprint density at radius 1 is 1.19 bits per heavy atom. The first-order chi connectivity index (χ1) is 9.66. The van der Waals surface area contributed by atoms with Crippen molar-refractivity contribution in [3.05, 3.63) is 65.5 Å². The maximum absolute atomic E-state index is 12.0. The minimum atomic E-state index is -0.618. The Kier molecular flexibility index (Phi) is 6.85. The minimum Gasteiger partial charge on any atom is -0.354 e. The van der Waals surface area contributed by atoms with Crippen LogP contribution in [0.2, 0.25) is 0 Å². The molecule has 4 nitrogen and oxygen atoms in total. The second-order valence-corrected chi connectivity index (χ2v) is 4.78. The Bertz CT molecular complexity index is 557. The Morgan fingerprint density at radius 2 is 1.81 bits per heavy atom. The monoisotopic (exact) mass is 305 g/mol. The Labute approximate surface area is 131 Å². The number of nitrogens with zero attached hydrogens (tertiary/aromatic N) is 1. The highest BCUT2D eigenvalue weighted by atomic mass is 35.5. The average molecular weight is 306 g/mol. The second-order valence-electron chi connectivity index (χ2n) is 4.78. The molecule has 2 rings (SSSR count). The van der Waals surface area contributed by atoms with Crippen LogP contribution in [-0.2, 0) is 11.2 Å². The fourth-order valence-electron chi connectivity index (χ4n) is 1.91. The molecule has 1 aromatic carbocycles. The van der Waals surface area contributed by atoms with Gasteiger partial charge in [-0.3, -0.25) is 9.78 Å². The third-order valence-corrected chi connectivity index (χ3v) is 3.18. The molecule has 0 spiro atoms. The Morgan fingerprint density at radius 3 is 2.43 bits per heavy atom. The molecule has 112 valence electrons. The lowest BCUT2D eigenvalue weighted by Crippen LogP contribution is -2.35. The molecule has 0 aliphatic carbocycles. The maximum atomic E-state index is 12.0. The number of aryl methyl sites for hydroxylation is 1. The third kappa shape index (κ3) is 5.17. The van der Waals surface area contributed by atoms with Crippen LogP contribution in [0.4, 0.5) is 0 Å². The summed E-state index contributed by atoms with van der Waals surface area (Å²) in [6.45, 7) is 2.58. The van der Waals surface area contributed by atoms with Gasteiger partial charge in [0.1, 0.15) is 6.04 Å². The number of halogens is 1. The number of hydrogen-bond donors (Lipinski definition) is 2. The summed E-state index contributed by atoms with van der Waals surface area (Å²) in [6.07, 6.45) is 4.26. The van der Waals surface area contributed by atoms with Gasteiger partial charge in [0.15, 0.2) is 0 Å². The van der Waals surface area contributed by atoms with E-state index in [0.29, 0.717) is 6.54 Å². The van der Waals surface area contributed by atoms with E-state index < -0.39 is 6.04 Å². The first kappa shape index (κ1) is 17.1. The number of hydrogen-bond acceptors (Lipinski definition) is 3. The van der Waals surface area contributed by atoms with Crippen LogP contribution in [0, 0.1) is 6.92 Å². The lowest BCUT2D eigenvalue weighted by atomic mass is 10.1. The zero-order valence-corrected chi connectivity index (χ0v) is 12.8. The van der Waals surface area contributed by atoms with E-state index >= 15 is 0 Å². The van der Waals surface area contributed by atoms with Gasteiger partial charge in [-0.15, -0.1) is 12.4 Å². The molecule has 0 aliphatic heterocycles. The van der Waals surface area contributed by atoms with Crippen LogP contribution in [0.25, 0.3) is 0 Å². The van der Waals surface area contributed by atoms with Gasteiger partial charge in [0, 0.05) is 18.9 Å². The number of amides is 1. The summed E-state index contributed by atoms with van der Waals surface area (Å²) in [7, 11) is 0. The number of pyridine rings is 1. The summed E-state index contributed by atoms with van der Waals surface area (Å²) in [5.74, 6) is -0.150. The highest BCUT2D eigenvalue weighted by Crippen LogP contribution is 2.11. The van der Waals surface area contributed by atoms with Crippen molar-refractivity contribution < 1.29 is 4.79 Å². The molecule has 0 saturated heterocycles. The Balaban J connectivity index is 0.00000220. The number of benzene rings is 1. The molecule has 21 heavy (non-hydrogen) atoms. The van der Waals surface area contributed by atoms with Crippen molar-refractivity contribution in [2.75, 3.05) is 6.54 Å². The van der Waals surface area contributed by atoms with Crippen molar-refractivity contribution in [1.82, 2.24) is 10.3 Å². The van der Waals surface area contributed by atoms with Crippen LogP contribution in [0.15, 0.2) is 48.8 Å². The number of aromatic nitrogens is 1. The lowest BCUT2D eigenvalue weighted by Gasteiger charge is -2.12. The molecule has 1 amide bonds. The lowest BCUT2D eigenvalue weighted by molar-refractivity contribution is -0.122. The summed E-state index contributed by atoms with van der Waals surface area (Å²) in [4.78, 5) is 15.9. The summed E-state index contributed by atoms with van der Waals surface area (Å²) >= 11 is 0. The van der Waals surface area contributed by atoms with E-state index in [1.807, 2.05) is 43.3 Å². The minimum absolute atomic E-state index is 0. The number of carbonyl (C=O) groups is 1. The first-order valence-electron chi connectivity index (χ1n) is 6.65. The van der Waals surface area contributed by atoms with Crippen LogP contribution in [0.1, 0.15) is 22.7 Å². The topological polar surface area (TPSA) is 68.0 Å². The molecule has 1 atom stereocenters. The van der Waals surface area contributed by atoms with Crippen LogP contribution < -0.4 is 11.1 Å². The van der Waals surface area contributed by atoms with Crippen LogP contribution in [-0.4, -0.2) is 17.4 Å². The molecule has 1 heterocycles. The van der Waals surface area contributed by atoms with E-state index in [-0.39, 0.29) is 18.3 Å². The Hall–Kier alpha value is -1.91. The molecule has 0 saturated carbocycles. The van der Waals surface area contributed by atoms with Gasteiger partial charge in [0.2, 0.25) is 5.91 Å². The van der Waals surface area contributed by atoms with Gasteiger partial charge in [0.25, 0.3) is 0 Å². The van der Waals surface area contributed by atoms with E-state index in [4.69, 9.17) is 5.73 Å². The fourth-order valence-corrected chi connectivity index (χ4v) is 1.91. The van der Waals surface area contributed by atoms with E-state index in [1.165, 1.54) is 0 Å². The summed E-state index contributed by atoms with van der Waals surface area (Å²) in [5.41, 5.74) is 9.07. The van der Waals surface area contributed by atoms with Gasteiger partial charge >= 0.3 is 0 Å². The van der Waals surface area contributed by atoms with E-state index in [9.17, 15) is 4.79 Å². The second kappa shape index (κ2) is 8.39. The SMILES string of the molecule is Cc1ccc(C(N)C(=O)NCCc2ccncc2)cc1.Cl. The molecule has 3 N–H and O–H groups in total. The molecular formula is C16H20ClN3O. The van der Waals surface area contributed by atoms with Gasteiger partial charge in [-0.2, -0.15) is 0 Å². The largest absolute Gasteiger partial charge is 0.354 e. The molecule has 0 aliphatic rings. The predicted octanol–water partition coefficient (Wildman–Crippen LogP) is 2.17. The van der Waals surface area contributed by atoms with Crippen molar-refractivity contribution in [2.45, 2.75) is 19.4 Å². The highest BCUT2D eigenvalue weighted by molar-refractivity contribution is 5.85. The van der Waals surface area contributed by atoms with Crippen molar-refractivity contribution >= 4 is 18.3 Å². The zero-order valence-electron chi connectivity index (χ0n) is 12.0. The van der Waals surface area contributed by atoms with Gasteiger partial charge in [-0.1, -0.05) is 29.8 Å². The van der Waals surface area contributed by atoms with Crippen molar-refractivity contribution in [3.63, 3.8) is 0 Å².